The van der Waals surface area contributed by atoms with Crippen LogP contribution in [-0.2, 0) is 24.7 Å². The van der Waals surface area contributed by atoms with E-state index in [4.69, 9.17) is 4.74 Å². The van der Waals surface area contributed by atoms with Gasteiger partial charge in [0, 0.05) is 11.9 Å². The summed E-state index contributed by atoms with van der Waals surface area (Å²) >= 11 is 4.28. The lowest BCUT2D eigenvalue weighted by atomic mass is 10.2. The number of aryl methyl sites for hydroxylation is 2. The fourth-order valence-corrected chi connectivity index (χ4v) is 6.72. The molecule has 31 heavy (non-hydrogen) atoms. The van der Waals surface area contributed by atoms with Crippen LogP contribution in [0.4, 0.5) is 5.13 Å². The van der Waals surface area contributed by atoms with Crippen molar-refractivity contribution in [2.24, 2.45) is 7.05 Å². The monoisotopic (exact) mass is 472 g/mol. The second-order valence-electron chi connectivity index (χ2n) is 7.21. The number of ether oxygens (including phenoxy) is 1. The quantitative estimate of drug-likeness (QED) is 0.334. The molecule has 1 aliphatic rings. The Morgan fingerprint density at radius 2 is 2.16 bits per heavy atom. The first-order chi connectivity index (χ1) is 15.0. The molecule has 1 aliphatic carbocycles. The van der Waals surface area contributed by atoms with Crippen molar-refractivity contribution in [2.75, 3.05) is 17.7 Å². The van der Waals surface area contributed by atoms with Crippen molar-refractivity contribution in [3.63, 3.8) is 0 Å². The van der Waals surface area contributed by atoms with E-state index in [1.54, 1.807) is 23.0 Å². The number of thiazole rings is 1. The van der Waals surface area contributed by atoms with Crippen LogP contribution in [0.2, 0.25) is 0 Å². The Morgan fingerprint density at radius 3 is 3.00 bits per heavy atom. The summed E-state index contributed by atoms with van der Waals surface area (Å²) in [6, 6.07) is 5.68. The maximum Gasteiger partial charge on any atom is 0.262 e. The third kappa shape index (κ3) is 3.83. The molecule has 1 aromatic carbocycles. The molecule has 0 atom stereocenters. The molecule has 0 fully saturated rings. The number of hydrogen-bond acceptors (Lipinski definition) is 8. The Kier molecular flexibility index (Phi) is 5.45. The van der Waals surface area contributed by atoms with Crippen LogP contribution in [0.3, 0.4) is 0 Å². The Bertz CT molecular complexity index is 1370. The van der Waals surface area contributed by atoms with Gasteiger partial charge in [-0.25, -0.2) is 9.97 Å². The topological polar surface area (TPSA) is 86.1 Å². The molecule has 4 aromatic rings. The van der Waals surface area contributed by atoms with E-state index in [0.29, 0.717) is 16.9 Å². The first-order valence-electron chi connectivity index (χ1n) is 10.0. The van der Waals surface area contributed by atoms with Gasteiger partial charge in [0.2, 0.25) is 5.91 Å². The average molecular weight is 473 g/mol. The molecule has 5 rings (SSSR count). The van der Waals surface area contributed by atoms with Crippen LogP contribution in [0.15, 0.2) is 28.2 Å². The molecule has 160 valence electrons. The van der Waals surface area contributed by atoms with Gasteiger partial charge in [0.15, 0.2) is 10.3 Å². The zero-order valence-corrected chi connectivity index (χ0v) is 19.5. The van der Waals surface area contributed by atoms with Crippen molar-refractivity contribution >= 4 is 65.9 Å². The van der Waals surface area contributed by atoms with Crippen LogP contribution in [0.5, 0.6) is 5.75 Å². The lowest BCUT2D eigenvalue weighted by molar-refractivity contribution is -0.113. The minimum Gasteiger partial charge on any atom is -0.494 e. The number of rotatable bonds is 6. The number of carbonyl (C=O) groups is 1. The fraction of sp³-hybridized carbons (Fsp3) is 0.333. The van der Waals surface area contributed by atoms with E-state index in [0.717, 1.165) is 45.4 Å². The highest BCUT2D eigenvalue weighted by atomic mass is 32.2. The summed E-state index contributed by atoms with van der Waals surface area (Å²) in [5.74, 6) is 0.753. The normalized spacial score (nSPS) is 13.1. The first-order valence-corrected chi connectivity index (χ1v) is 12.6. The molecular formula is C21H20N4O3S3. The molecule has 1 amide bonds. The third-order valence-corrected chi connectivity index (χ3v) is 8.30. The summed E-state index contributed by atoms with van der Waals surface area (Å²) in [5, 5.41) is 4.71. The molecule has 1 N–H and O–H groups in total. The predicted octanol–water partition coefficient (Wildman–Crippen LogP) is 4.22. The number of thiophene rings is 1. The van der Waals surface area contributed by atoms with Gasteiger partial charge in [-0.2, -0.15) is 0 Å². The Hall–Kier alpha value is -2.43. The number of aromatic nitrogens is 3. The van der Waals surface area contributed by atoms with E-state index >= 15 is 0 Å². The summed E-state index contributed by atoms with van der Waals surface area (Å²) in [6.07, 6.45) is 3.09. The summed E-state index contributed by atoms with van der Waals surface area (Å²) in [5.41, 5.74) is 1.96. The lowest BCUT2D eigenvalue weighted by Crippen LogP contribution is -2.21. The van der Waals surface area contributed by atoms with Crippen molar-refractivity contribution in [1.29, 1.82) is 0 Å². The molecule has 10 heteroatoms. The molecule has 0 saturated heterocycles. The number of amides is 1. The van der Waals surface area contributed by atoms with Crippen LogP contribution in [0.1, 0.15) is 23.8 Å². The highest BCUT2D eigenvalue weighted by molar-refractivity contribution is 7.99. The Balaban J connectivity index is 1.30. The fourth-order valence-electron chi connectivity index (χ4n) is 3.74. The van der Waals surface area contributed by atoms with Crippen LogP contribution in [-0.4, -0.2) is 32.8 Å². The third-order valence-electron chi connectivity index (χ3n) is 5.15. The largest absolute Gasteiger partial charge is 0.494 e. The van der Waals surface area contributed by atoms with Crippen molar-refractivity contribution in [3.05, 3.63) is 39.0 Å². The number of nitrogens with one attached hydrogen (secondary N) is 1. The van der Waals surface area contributed by atoms with Crippen LogP contribution in [0, 0.1) is 0 Å². The van der Waals surface area contributed by atoms with E-state index in [1.807, 2.05) is 25.1 Å². The first kappa shape index (κ1) is 20.5. The molecule has 0 saturated carbocycles. The summed E-state index contributed by atoms with van der Waals surface area (Å²) in [6.45, 7) is 2.54. The summed E-state index contributed by atoms with van der Waals surface area (Å²) in [4.78, 5) is 36.6. The van der Waals surface area contributed by atoms with Gasteiger partial charge in [0.25, 0.3) is 5.56 Å². The number of benzene rings is 1. The molecule has 0 radical (unpaired) electrons. The van der Waals surface area contributed by atoms with Gasteiger partial charge in [0.1, 0.15) is 10.6 Å². The molecule has 0 spiro atoms. The summed E-state index contributed by atoms with van der Waals surface area (Å²) in [7, 11) is 1.72. The van der Waals surface area contributed by atoms with E-state index in [1.165, 1.54) is 33.5 Å². The Labute approximate surface area is 190 Å². The van der Waals surface area contributed by atoms with Gasteiger partial charge < -0.3 is 10.1 Å². The van der Waals surface area contributed by atoms with E-state index in [2.05, 4.69) is 15.3 Å². The van der Waals surface area contributed by atoms with Gasteiger partial charge >= 0.3 is 0 Å². The van der Waals surface area contributed by atoms with Crippen molar-refractivity contribution in [1.82, 2.24) is 14.5 Å². The second-order valence-corrected chi connectivity index (χ2v) is 10.3. The standard InChI is InChI=1S/C21H20N4O3S3/c1-3-28-11-7-8-13-15(9-11)31-20(22-13)23-16(26)10-29-21-24-18-17(19(27)25(21)2)12-5-4-6-14(12)30-18/h7-9H,3-6,10H2,1-2H3,(H,22,23,26). The minimum absolute atomic E-state index is 0.0245. The number of hydrogen-bond donors (Lipinski definition) is 1. The number of fused-ring (bicyclic) bond motifs is 4. The van der Waals surface area contributed by atoms with Crippen LogP contribution < -0.4 is 15.6 Å². The SMILES string of the molecule is CCOc1ccc2nc(NC(=O)CSc3nc4sc5c(c4c(=O)n3C)CCC5)sc2c1. The number of carbonyl (C=O) groups excluding carboxylic acids is 1. The molecule has 0 bridgehead atoms. The number of anilines is 1. The van der Waals surface area contributed by atoms with E-state index in [-0.39, 0.29) is 17.2 Å². The number of nitrogens with zero attached hydrogens (tertiary/aromatic N) is 3. The molecule has 0 aliphatic heterocycles. The van der Waals surface area contributed by atoms with Crippen molar-refractivity contribution in [2.45, 2.75) is 31.3 Å². The minimum atomic E-state index is -0.183. The maximum atomic E-state index is 12.9. The summed E-state index contributed by atoms with van der Waals surface area (Å²) < 4.78 is 8.02. The highest BCUT2D eigenvalue weighted by Gasteiger charge is 2.22. The maximum absolute atomic E-state index is 12.9. The highest BCUT2D eigenvalue weighted by Crippen LogP contribution is 2.35. The van der Waals surface area contributed by atoms with E-state index in [9.17, 15) is 9.59 Å². The average Bonchev–Trinajstić information content (AvgIpc) is 3.43. The molecule has 3 heterocycles. The lowest BCUT2D eigenvalue weighted by Gasteiger charge is -2.07. The van der Waals surface area contributed by atoms with Gasteiger partial charge in [-0.1, -0.05) is 23.1 Å². The zero-order valence-electron chi connectivity index (χ0n) is 17.1. The predicted molar refractivity (Wildman–Crippen MR) is 127 cm³/mol. The molecule has 0 unspecified atom stereocenters. The van der Waals surface area contributed by atoms with Crippen molar-refractivity contribution in [3.8, 4) is 5.75 Å². The van der Waals surface area contributed by atoms with Gasteiger partial charge in [-0.05, 0) is 49.9 Å². The van der Waals surface area contributed by atoms with Crippen molar-refractivity contribution < 1.29 is 9.53 Å². The van der Waals surface area contributed by atoms with Crippen LogP contribution in [0.25, 0.3) is 20.4 Å². The van der Waals surface area contributed by atoms with Gasteiger partial charge in [-0.15, -0.1) is 11.3 Å². The van der Waals surface area contributed by atoms with Gasteiger partial charge in [0.05, 0.1) is 28.0 Å². The van der Waals surface area contributed by atoms with E-state index < -0.39 is 0 Å². The Morgan fingerprint density at radius 1 is 1.29 bits per heavy atom. The molecule has 7 nitrogen and oxygen atoms in total. The van der Waals surface area contributed by atoms with Crippen LogP contribution >= 0.6 is 34.4 Å². The molecule has 3 aromatic heterocycles. The molecular weight excluding hydrogens is 452 g/mol. The zero-order chi connectivity index (χ0) is 21.5. The smallest absolute Gasteiger partial charge is 0.262 e. The number of thioether (sulfide) groups is 1. The van der Waals surface area contributed by atoms with Gasteiger partial charge in [-0.3, -0.25) is 14.2 Å². The second kappa shape index (κ2) is 8.25.